The van der Waals surface area contributed by atoms with Gasteiger partial charge in [0.25, 0.3) is 0 Å². The molecule has 1 aromatic carbocycles. The van der Waals surface area contributed by atoms with Crippen LogP contribution in [0.2, 0.25) is 10.0 Å². The van der Waals surface area contributed by atoms with Gasteiger partial charge in [0.05, 0.1) is 10.0 Å². The van der Waals surface area contributed by atoms with Gasteiger partial charge in [0, 0.05) is 6.04 Å². The van der Waals surface area contributed by atoms with Gasteiger partial charge in [0.1, 0.15) is 4.90 Å². The first-order valence-corrected chi connectivity index (χ1v) is 8.44. The van der Waals surface area contributed by atoms with E-state index in [2.05, 4.69) is 18.6 Å². The van der Waals surface area contributed by atoms with Crippen molar-refractivity contribution in [1.82, 2.24) is 4.72 Å². The van der Waals surface area contributed by atoms with E-state index in [1.54, 1.807) is 6.07 Å². The third-order valence-corrected chi connectivity index (χ3v) is 5.27. The first kappa shape index (κ1) is 16.8. The molecule has 0 aliphatic rings. The molecular weight excluding hydrogens is 305 g/mol. The molecule has 108 valence electrons. The lowest BCUT2D eigenvalue weighted by molar-refractivity contribution is 0.485. The highest BCUT2D eigenvalue weighted by Gasteiger charge is 2.23. The van der Waals surface area contributed by atoms with Crippen molar-refractivity contribution in [2.75, 3.05) is 0 Å². The molecular formula is C13H19Cl2NO2S. The van der Waals surface area contributed by atoms with Crippen LogP contribution in [0.3, 0.4) is 0 Å². The molecule has 0 spiro atoms. The summed E-state index contributed by atoms with van der Waals surface area (Å²) in [5, 5.41) is 0.270. The average molecular weight is 324 g/mol. The van der Waals surface area contributed by atoms with Gasteiger partial charge in [0.15, 0.2) is 0 Å². The lowest BCUT2D eigenvalue weighted by atomic mass is 10.1. The lowest BCUT2D eigenvalue weighted by Gasteiger charge is -2.16. The van der Waals surface area contributed by atoms with Crippen LogP contribution in [0.5, 0.6) is 0 Å². The molecule has 0 aliphatic carbocycles. The van der Waals surface area contributed by atoms with Crippen LogP contribution in [-0.4, -0.2) is 14.5 Å². The van der Waals surface area contributed by atoms with Gasteiger partial charge in [-0.15, -0.1) is 0 Å². The summed E-state index contributed by atoms with van der Waals surface area (Å²) in [6.45, 7) is 6.04. The summed E-state index contributed by atoms with van der Waals surface area (Å²) >= 11 is 11.8. The lowest BCUT2D eigenvalue weighted by Crippen LogP contribution is -2.33. The Hall–Kier alpha value is -0.290. The predicted octanol–water partition coefficient (Wildman–Crippen LogP) is 4.10. The Morgan fingerprint density at radius 3 is 2.11 bits per heavy atom. The zero-order chi connectivity index (χ0) is 14.6. The Bertz CT molecular complexity index is 509. The number of sulfonamides is 1. The van der Waals surface area contributed by atoms with E-state index in [0.717, 1.165) is 12.8 Å². The van der Waals surface area contributed by atoms with Crippen molar-refractivity contribution < 1.29 is 8.42 Å². The molecule has 0 bridgehead atoms. The molecule has 1 atom stereocenters. The van der Waals surface area contributed by atoms with E-state index >= 15 is 0 Å². The molecule has 0 aliphatic heterocycles. The van der Waals surface area contributed by atoms with Gasteiger partial charge < -0.3 is 0 Å². The monoisotopic (exact) mass is 323 g/mol. The highest BCUT2D eigenvalue weighted by atomic mass is 35.5. The summed E-state index contributed by atoms with van der Waals surface area (Å²) in [6, 6.07) is 4.49. The third kappa shape index (κ3) is 4.95. The van der Waals surface area contributed by atoms with Crippen LogP contribution in [0.4, 0.5) is 0 Å². The maximum absolute atomic E-state index is 12.2. The van der Waals surface area contributed by atoms with Crippen molar-refractivity contribution in [3.05, 3.63) is 28.2 Å². The molecule has 0 amide bonds. The van der Waals surface area contributed by atoms with E-state index in [4.69, 9.17) is 23.2 Å². The smallest absolute Gasteiger partial charge is 0.208 e. The van der Waals surface area contributed by atoms with Crippen LogP contribution in [-0.2, 0) is 10.0 Å². The highest BCUT2D eigenvalue weighted by Crippen LogP contribution is 2.29. The summed E-state index contributed by atoms with van der Waals surface area (Å²) in [5.74, 6) is 0.538. The van der Waals surface area contributed by atoms with Crippen LogP contribution < -0.4 is 4.72 Å². The number of halogens is 2. The number of hydrogen-bond donors (Lipinski definition) is 1. The maximum Gasteiger partial charge on any atom is 0.243 e. The summed E-state index contributed by atoms with van der Waals surface area (Å²) in [7, 11) is -3.68. The van der Waals surface area contributed by atoms with Crippen molar-refractivity contribution in [2.24, 2.45) is 5.92 Å². The molecule has 1 rings (SSSR count). The molecule has 1 N–H and O–H groups in total. The van der Waals surface area contributed by atoms with E-state index in [0.29, 0.717) is 5.92 Å². The zero-order valence-electron chi connectivity index (χ0n) is 11.3. The molecule has 1 unspecified atom stereocenters. The standard InChI is InChI=1S/C13H19Cl2NO2S/c1-9(2)7-8-10(3)16-19(17,18)13-11(14)5-4-6-12(13)15/h4-6,9-10,16H,7-8H2,1-3H3. The van der Waals surface area contributed by atoms with Crippen LogP contribution in [0.1, 0.15) is 33.6 Å². The summed E-state index contributed by atoms with van der Waals surface area (Å²) in [5.41, 5.74) is 0. The predicted molar refractivity (Wildman–Crippen MR) is 80.3 cm³/mol. The fraction of sp³-hybridized carbons (Fsp3) is 0.538. The second-order valence-electron chi connectivity index (χ2n) is 5.04. The molecule has 0 aromatic heterocycles. The van der Waals surface area contributed by atoms with Gasteiger partial charge in [-0.2, -0.15) is 0 Å². The molecule has 19 heavy (non-hydrogen) atoms. The Morgan fingerprint density at radius 2 is 1.63 bits per heavy atom. The van der Waals surface area contributed by atoms with Gasteiger partial charge in [-0.25, -0.2) is 13.1 Å². The van der Waals surface area contributed by atoms with Crippen molar-refractivity contribution in [1.29, 1.82) is 0 Å². The van der Waals surface area contributed by atoms with Crippen LogP contribution in [0.15, 0.2) is 23.1 Å². The molecule has 0 saturated carbocycles. The maximum atomic E-state index is 12.2. The molecule has 0 radical (unpaired) electrons. The quantitative estimate of drug-likeness (QED) is 0.856. The van der Waals surface area contributed by atoms with E-state index in [9.17, 15) is 8.42 Å². The molecule has 0 fully saturated rings. The van der Waals surface area contributed by atoms with E-state index < -0.39 is 10.0 Å². The summed E-state index contributed by atoms with van der Waals surface area (Å²) < 4.78 is 27.1. The van der Waals surface area contributed by atoms with E-state index in [-0.39, 0.29) is 21.0 Å². The Balaban J connectivity index is 2.87. The van der Waals surface area contributed by atoms with Crippen molar-refractivity contribution >= 4 is 33.2 Å². The van der Waals surface area contributed by atoms with Gasteiger partial charge >= 0.3 is 0 Å². The van der Waals surface area contributed by atoms with Gasteiger partial charge in [-0.05, 0) is 37.8 Å². The van der Waals surface area contributed by atoms with Crippen molar-refractivity contribution in [3.8, 4) is 0 Å². The van der Waals surface area contributed by atoms with Gasteiger partial charge in [-0.1, -0.05) is 43.1 Å². The highest BCUT2D eigenvalue weighted by molar-refractivity contribution is 7.89. The van der Waals surface area contributed by atoms with Gasteiger partial charge in [-0.3, -0.25) is 0 Å². The fourth-order valence-electron chi connectivity index (χ4n) is 1.71. The Morgan fingerprint density at radius 1 is 1.11 bits per heavy atom. The SMILES string of the molecule is CC(C)CCC(C)NS(=O)(=O)c1c(Cl)cccc1Cl. The van der Waals surface area contributed by atoms with Crippen LogP contribution >= 0.6 is 23.2 Å². The van der Waals surface area contributed by atoms with Crippen LogP contribution in [0.25, 0.3) is 0 Å². The third-order valence-electron chi connectivity index (χ3n) is 2.72. The normalized spacial score (nSPS) is 13.8. The fourth-order valence-corrected chi connectivity index (χ4v) is 4.13. The largest absolute Gasteiger partial charge is 0.243 e. The zero-order valence-corrected chi connectivity index (χ0v) is 13.6. The number of benzene rings is 1. The summed E-state index contributed by atoms with van der Waals surface area (Å²) in [4.78, 5) is -0.0465. The summed E-state index contributed by atoms with van der Waals surface area (Å²) in [6.07, 6.45) is 1.74. The van der Waals surface area contributed by atoms with Crippen LogP contribution in [0, 0.1) is 5.92 Å². The second kappa shape index (κ2) is 6.93. The Kier molecular flexibility index (Phi) is 6.12. The molecule has 0 heterocycles. The minimum absolute atomic E-state index is 0.0465. The molecule has 3 nitrogen and oxygen atoms in total. The Labute approximate surface area is 125 Å². The average Bonchev–Trinajstić information content (AvgIpc) is 2.25. The first-order chi connectivity index (χ1) is 8.74. The minimum atomic E-state index is -3.68. The van der Waals surface area contributed by atoms with Crippen molar-refractivity contribution in [3.63, 3.8) is 0 Å². The molecule has 0 saturated heterocycles. The van der Waals surface area contributed by atoms with Gasteiger partial charge in [0.2, 0.25) is 10.0 Å². The second-order valence-corrected chi connectivity index (χ2v) is 7.51. The molecule has 1 aromatic rings. The minimum Gasteiger partial charge on any atom is -0.208 e. The van der Waals surface area contributed by atoms with E-state index in [1.807, 2.05) is 6.92 Å². The topological polar surface area (TPSA) is 46.2 Å². The van der Waals surface area contributed by atoms with Crippen molar-refractivity contribution in [2.45, 2.75) is 44.6 Å². The first-order valence-electron chi connectivity index (χ1n) is 6.20. The molecule has 6 heteroatoms. The number of nitrogens with one attached hydrogen (secondary N) is 1. The van der Waals surface area contributed by atoms with E-state index in [1.165, 1.54) is 12.1 Å². The number of hydrogen-bond acceptors (Lipinski definition) is 2. The number of rotatable bonds is 6.